The molecule has 2 rings (SSSR count). The number of methoxy groups -OCH3 is 2. The van der Waals surface area contributed by atoms with Gasteiger partial charge in [0.15, 0.2) is 0 Å². The fourth-order valence-corrected chi connectivity index (χ4v) is 2.25. The van der Waals surface area contributed by atoms with Gasteiger partial charge < -0.3 is 14.8 Å². The number of halogens is 1. The fourth-order valence-electron chi connectivity index (χ4n) is 2.02. The van der Waals surface area contributed by atoms with Gasteiger partial charge in [0.1, 0.15) is 17.3 Å². The molecule has 20 heavy (non-hydrogen) atoms. The van der Waals surface area contributed by atoms with Crippen molar-refractivity contribution in [2.45, 2.75) is 13.8 Å². The minimum absolute atomic E-state index is 0.747. The van der Waals surface area contributed by atoms with Crippen LogP contribution in [0.25, 0.3) is 0 Å². The maximum atomic E-state index is 5.50. The minimum atomic E-state index is 0.747. The van der Waals surface area contributed by atoms with Crippen LogP contribution in [0.5, 0.6) is 11.5 Å². The molecule has 0 bridgehead atoms. The van der Waals surface area contributed by atoms with Crippen molar-refractivity contribution in [3.63, 3.8) is 0 Å². The summed E-state index contributed by atoms with van der Waals surface area (Å²) < 4.78 is 11.8. The number of hydrogen-bond acceptors (Lipinski definition) is 4. The van der Waals surface area contributed by atoms with Crippen molar-refractivity contribution >= 4 is 27.4 Å². The van der Waals surface area contributed by atoms with Gasteiger partial charge in [-0.15, -0.1) is 0 Å². The van der Waals surface area contributed by atoms with Gasteiger partial charge in [-0.25, -0.2) is 4.98 Å². The molecule has 0 fully saturated rings. The summed E-state index contributed by atoms with van der Waals surface area (Å²) >= 11 is 3.37. The molecule has 1 heterocycles. The molecule has 2 aromatic rings. The molecule has 1 aromatic heterocycles. The van der Waals surface area contributed by atoms with Crippen LogP contribution in [0.2, 0.25) is 0 Å². The largest absolute Gasteiger partial charge is 0.496 e. The quantitative estimate of drug-likeness (QED) is 0.907. The average Bonchev–Trinajstić information content (AvgIpc) is 2.45. The average molecular weight is 337 g/mol. The molecular formula is C15H17BrN2O2. The Balaban J connectivity index is 2.44. The van der Waals surface area contributed by atoms with Crippen LogP contribution in [0, 0.1) is 13.8 Å². The molecule has 0 saturated heterocycles. The standard InChI is InChI=1S/C15H17BrN2O2/c1-9-10(2)15(20-4)12(7-13(9)19-3)18-14-6-5-11(16)8-17-14/h5-8H,1-4H3,(H,17,18). The lowest BCUT2D eigenvalue weighted by molar-refractivity contribution is 0.399. The normalized spacial score (nSPS) is 10.2. The summed E-state index contributed by atoms with van der Waals surface area (Å²) in [6, 6.07) is 5.75. The number of ether oxygens (including phenoxy) is 2. The number of nitrogens with zero attached hydrogens (tertiary/aromatic N) is 1. The van der Waals surface area contributed by atoms with E-state index in [1.807, 2.05) is 32.0 Å². The van der Waals surface area contributed by atoms with Crippen LogP contribution in [0.3, 0.4) is 0 Å². The fraction of sp³-hybridized carbons (Fsp3) is 0.267. The molecule has 5 heteroatoms. The van der Waals surface area contributed by atoms with E-state index in [2.05, 4.69) is 26.2 Å². The second kappa shape index (κ2) is 6.13. The maximum absolute atomic E-state index is 5.50. The molecule has 0 aliphatic rings. The van der Waals surface area contributed by atoms with Crippen LogP contribution in [-0.4, -0.2) is 19.2 Å². The molecule has 0 radical (unpaired) electrons. The van der Waals surface area contributed by atoms with Gasteiger partial charge >= 0.3 is 0 Å². The number of anilines is 2. The smallest absolute Gasteiger partial charge is 0.145 e. The Labute approximate surface area is 127 Å². The molecule has 0 atom stereocenters. The first-order valence-corrected chi connectivity index (χ1v) is 6.97. The third-order valence-electron chi connectivity index (χ3n) is 3.21. The Morgan fingerprint density at radius 1 is 1.10 bits per heavy atom. The monoisotopic (exact) mass is 336 g/mol. The predicted octanol–water partition coefficient (Wildman–Crippen LogP) is 4.22. The van der Waals surface area contributed by atoms with Crippen LogP contribution in [0.1, 0.15) is 11.1 Å². The van der Waals surface area contributed by atoms with Crippen molar-refractivity contribution in [1.82, 2.24) is 4.98 Å². The second-order valence-corrected chi connectivity index (χ2v) is 5.31. The molecule has 0 aliphatic heterocycles. The molecule has 0 amide bonds. The van der Waals surface area contributed by atoms with Gasteiger partial charge in [-0.2, -0.15) is 0 Å². The summed E-state index contributed by atoms with van der Waals surface area (Å²) in [6.45, 7) is 4.02. The van der Waals surface area contributed by atoms with E-state index >= 15 is 0 Å². The third kappa shape index (κ3) is 2.88. The third-order valence-corrected chi connectivity index (χ3v) is 3.68. The van der Waals surface area contributed by atoms with Crippen molar-refractivity contribution in [3.8, 4) is 11.5 Å². The van der Waals surface area contributed by atoms with Gasteiger partial charge in [-0.3, -0.25) is 0 Å². The molecule has 106 valence electrons. The van der Waals surface area contributed by atoms with Crippen molar-refractivity contribution in [3.05, 3.63) is 40.0 Å². The number of nitrogens with one attached hydrogen (secondary N) is 1. The lowest BCUT2D eigenvalue weighted by Crippen LogP contribution is -2.01. The Kier molecular flexibility index (Phi) is 4.49. The van der Waals surface area contributed by atoms with E-state index in [0.717, 1.165) is 38.6 Å². The molecular weight excluding hydrogens is 320 g/mol. The van der Waals surface area contributed by atoms with Gasteiger partial charge in [0.05, 0.1) is 19.9 Å². The van der Waals surface area contributed by atoms with Crippen molar-refractivity contribution < 1.29 is 9.47 Å². The van der Waals surface area contributed by atoms with Gasteiger partial charge in [0, 0.05) is 16.7 Å². The molecule has 0 saturated carbocycles. The van der Waals surface area contributed by atoms with Crippen LogP contribution >= 0.6 is 15.9 Å². The van der Waals surface area contributed by atoms with Crippen LogP contribution in [-0.2, 0) is 0 Å². The van der Waals surface area contributed by atoms with Crippen LogP contribution in [0.15, 0.2) is 28.9 Å². The summed E-state index contributed by atoms with van der Waals surface area (Å²) in [5.41, 5.74) is 2.95. The Morgan fingerprint density at radius 3 is 2.40 bits per heavy atom. The first kappa shape index (κ1) is 14.7. The van der Waals surface area contributed by atoms with E-state index in [1.165, 1.54) is 0 Å². The van der Waals surface area contributed by atoms with E-state index in [4.69, 9.17) is 9.47 Å². The lowest BCUT2D eigenvalue weighted by atomic mass is 10.1. The maximum Gasteiger partial charge on any atom is 0.145 e. The van der Waals surface area contributed by atoms with Crippen molar-refractivity contribution in [2.75, 3.05) is 19.5 Å². The molecule has 0 spiro atoms. The number of hydrogen-bond donors (Lipinski definition) is 1. The molecule has 1 aromatic carbocycles. The zero-order chi connectivity index (χ0) is 14.7. The lowest BCUT2D eigenvalue weighted by Gasteiger charge is -2.17. The van der Waals surface area contributed by atoms with Crippen molar-refractivity contribution in [1.29, 1.82) is 0 Å². The Bertz CT molecular complexity index is 612. The Morgan fingerprint density at radius 2 is 1.85 bits per heavy atom. The Hall–Kier alpha value is -1.75. The predicted molar refractivity (Wildman–Crippen MR) is 84.2 cm³/mol. The van der Waals surface area contributed by atoms with Gasteiger partial charge in [-0.1, -0.05) is 0 Å². The zero-order valence-electron chi connectivity index (χ0n) is 12.0. The number of pyridine rings is 1. The highest BCUT2D eigenvalue weighted by Gasteiger charge is 2.14. The highest BCUT2D eigenvalue weighted by atomic mass is 79.9. The molecule has 4 nitrogen and oxygen atoms in total. The van der Waals surface area contributed by atoms with E-state index in [9.17, 15) is 0 Å². The van der Waals surface area contributed by atoms with Crippen molar-refractivity contribution in [2.24, 2.45) is 0 Å². The van der Waals surface area contributed by atoms with E-state index in [1.54, 1.807) is 20.4 Å². The highest BCUT2D eigenvalue weighted by Crippen LogP contribution is 2.38. The number of aromatic nitrogens is 1. The summed E-state index contributed by atoms with van der Waals surface area (Å²) in [6.07, 6.45) is 1.74. The summed E-state index contributed by atoms with van der Waals surface area (Å²) in [4.78, 5) is 4.30. The topological polar surface area (TPSA) is 43.4 Å². The minimum Gasteiger partial charge on any atom is -0.496 e. The van der Waals surface area contributed by atoms with Crippen LogP contribution < -0.4 is 14.8 Å². The van der Waals surface area contributed by atoms with Gasteiger partial charge in [0.25, 0.3) is 0 Å². The summed E-state index contributed by atoms with van der Waals surface area (Å²) in [5, 5.41) is 3.26. The summed E-state index contributed by atoms with van der Waals surface area (Å²) in [5.74, 6) is 2.37. The first-order valence-electron chi connectivity index (χ1n) is 6.17. The highest BCUT2D eigenvalue weighted by molar-refractivity contribution is 9.10. The van der Waals surface area contributed by atoms with E-state index in [-0.39, 0.29) is 0 Å². The second-order valence-electron chi connectivity index (χ2n) is 4.40. The van der Waals surface area contributed by atoms with Gasteiger partial charge in [0.2, 0.25) is 0 Å². The van der Waals surface area contributed by atoms with E-state index < -0.39 is 0 Å². The molecule has 0 unspecified atom stereocenters. The van der Waals surface area contributed by atoms with E-state index in [0.29, 0.717) is 0 Å². The SMILES string of the molecule is COc1cc(Nc2ccc(Br)cn2)c(OC)c(C)c1C. The summed E-state index contributed by atoms with van der Waals surface area (Å²) in [7, 11) is 3.32. The molecule has 1 N–H and O–H groups in total. The number of benzene rings is 1. The first-order chi connectivity index (χ1) is 9.56. The van der Waals surface area contributed by atoms with Crippen LogP contribution in [0.4, 0.5) is 11.5 Å². The van der Waals surface area contributed by atoms with Gasteiger partial charge in [-0.05, 0) is 53.0 Å². The zero-order valence-corrected chi connectivity index (χ0v) is 13.5. The molecule has 0 aliphatic carbocycles. The number of rotatable bonds is 4.